The van der Waals surface area contributed by atoms with Gasteiger partial charge in [0, 0.05) is 13.0 Å². The molecular formula is C61H116O12S. The van der Waals surface area contributed by atoms with E-state index in [4.69, 9.17) is 18.9 Å². The van der Waals surface area contributed by atoms with Gasteiger partial charge in [-0.15, -0.1) is 0 Å². The standard InChI is InChI=1S/C61H116O12S/c1-3-5-7-9-11-13-15-17-19-21-23-25-27-28-29-30-32-34-36-38-40-42-44-46-48-50-57(63)71-55(54-70-61-59(65)60(73-74(66,67)68)58(64)56(52-62)72-61)53-69-51-49-47-45-43-41-39-37-35-33-31-26-24-22-20-18-16-14-12-10-8-6-4-2/h15,17,21,23,55-56,58-62,64-65H,3-14,16,18-20,22,24-54H2,1-2H3,(H,66,67,68)/b17-15-,23-21-. The number of esters is 1. The van der Waals surface area contributed by atoms with Crippen molar-refractivity contribution in [1.82, 2.24) is 0 Å². The Kier molecular flexibility index (Phi) is 49.9. The molecule has 1 fully saturated rings. The Balaban J connectivity index is 2.25. The smallest absolute Gasteiger partial charge is 0.397 e. The van der Waals surface area contributed by atoms with Crippen LogP contribution >= 0.6 is 0 Å². The normalized spacial score (nSPS) is 18.8. The Morgan fingerprint density at radius 2 is 0.892 bits per heavy atom. The van der Waals surface area contributed by atoms with Crippen molar-refractivity contribution < 1.29 is 56.2 Å². The molecule has 0 bridgehead atoms. The number of carbonyl (C=O) groups excluding carboxylic acids is 1. The molecule has 12 nitrogen and oxygen atoms in total. The van der Waals surface area contributed by atoms with E-state index in [-0.39, 0.29) is 19.6 Å². The van der Waals surface area contributed by atoms with Crippen molar-refractivity contribution in [3.8, 4) is 0 Å². The van der Waals surface area contributed by atoms with Crippen molar-refractivity contribution in [3.05, 3.63) is 24.3 Å². The molecule has 0 aromatic rings. The summed E-state index contributed by atoms with van der Waals surface area (Å²) in [5.74, 6) is -0.393. The molecule has 1 heterocycles. The number of unbranched alkanes of at least 4 members (excludes halogenated alkanes) is 39. The number of allylic oxidation sites excluding steroid dienone is 4. The summed E-state index contributed by atoms with van der Waals surface area (Å²) < 4.78 is 59.5. The molecule has 1 aliphatic rings. The van der Waals surface area contributed by atoms with Gasteiger partial charge in [-0.2, -0.15) is 8.42 Å². The lowest BCUT2D eigenvalue weighted by Crippen LogP contribution is -2.60. The zero-order valence-electron chi connectivity index (χ0n) is 47.7. The van der Waals surface area contributed by atoms with Crippen molar-refractivity contribution in [2.75, 3.05) is 26.4 Å². The molecule has 6 atom stereocenters. The third-order valence-electron chi connectivity index (χ3n) is 14.6. The van der Waals surface area contributed by atoms with Gasteiger partial charge in [-0.1, -0.05) is 269 Å². The van der Waals surface area contributed by atoms with E-state index in [0.29, 0.717) is 13.0 Å². The van der Waals surface area contributed by atoms with E-state index < -0.39 is 59.8 Å². The van der Waals surface area contributed by atoms with Gasteiger partial charge in [0.25, 0.3) is 0 Å². The maximum atomic E-state index is 13.0. The van der Waals surface area contributed by atoms with Gasteiger partial charge in [0.05, 0.1) is 19.8 Å². The number of rotatable bonds is 56. The second-order valence-corrected chi connectivity index (χ2v) is 22.7. The van der Waals surface area contributed by atoms with Crippen molar-refractivity contribution in [1.29, 1.82) is 0 Å². The fourth-order valence-corrected chi connectivity index (χ4v) is 10.4. The quantitative estimate of drug-likeness (QED) is 0.0196. The van der Waals surface area contributed by atoms with E-state index in [1.165, 1.54) is 225 Å². The molecule has 6 unspecified atom stereocenters. The van der Waals surface area contributed by atoms with Gasteiger partial charge in [0.2, 0.25) is 0 Å². The van der Waals surface area contributed by atoms with Crippen molar-refractivity contribution >= 4 is 16.4 Å². The number of hydrogen-bond donors (Lipinski definition) is 4. The molecule has 1 aliphatic heterocycles. The molecule has 4 N–H and O–H groups in total. The lowest BCUT2D eigenvalue weighted by atomic mass is 9.99. The largest absolute Gasteiger partial charge is 0.457 e. The molecule has 74 heavy (non-hydrogen) atoms. The Bertz CT molecular complexity index is 1380. The monoisotopic (exact) mass is 1070 g/mol. The van der Waals surface area contributed by atoms with E-state index >= 15 is 0 Å². The zero-order chi connectivity index (χ0) is 53.8. The molecule has 0 aromatic heterocycles. The van der Waals surface area contributed by atoms with E-state index in [1.807, 2.05) is 0 Å². The highest BCUT2D eigenvalue weighted by atomic mass is 32.3. The number of carbonyl (C=O) groups is 1. The Morgan fingerprint density at radius 3 is 1.28 bits per heavy atom. The first kappa shape index (κ1) is 70.6. The van der Waals surface area contributed by atoms with Gasteiger partial charge >= 0.3 is 16.4 Å². The molecule has 1 rings (SSSR count). The summed E-state index contributed by atoms with van der Waals surface area (Å²) in [6.45, 7) is 4.06. The number of ether oxygens (including phenoxy) is 4. The van der Waals surface area contributed by atoms with Crippen LogP contribution in [0, 0.1) is 0 Å². The Labute approximate surface area is 454 Å². The summed E-state index contributed by atoms with van der Waals surface area (Å²) in [5, 5.41) is 30.9. The molecule has 0 spiro atoms. The zero-order valence-corrected chi connectivity index (χ0v) is 48.5. The molecule has 13 heteroatoms. The van der Waals surface area contributed by atoms with E-state index in [9.17, 15) is 33.1 Å². The molecule has 438 valence electrons. The predicted octanol–water partition coefficient (Wildman–Crippen LogP) is 15.9. The minimum Gasteiger partial charge on any atom is -0.457 e. The highest BCUT2D eigenvalue weighted by molar-refractivity contribution is 7.80. The average Bonchev–Trinajstić information content (AvgIpc) is 3.38. The van der Waals surface area contributed by atoms with Gasteiger partial charge in [-0.3, -0.25) is 9.35 Å². The summed E-state index contributed by atoms with van der Waals surface area (Å²) in [4.78, 5) is 13.0. The molecule has 0 aromatic carbocycles. The lowest BCUT2D eigenvalue weighted by molar-refractivity contribution is -0.301. The maximum Gasteiger partial charge on any atom is 0.397 e. The highest BCUT2D eigenvalue weighted by Gasteiger charge is 2.48. The number of aliphatic hydroxyl groups is 3. The first-order valence-corrected chi connectivity index (χ1v) is 32.5. The van der Waals surface area contributed by atoms with Gasteiger partial charge < -0.3 is 34.3 Å². The van der Waals surface area contributed by atoms with Crippen LogP contribution in [0.15, 0.2) is 24.3 Å². The van der Waals surface area contributed by atoms with Crippen LogP contribution in [-0.4, -0.2) is 97.5 Å². The predicted molar refractivity (Wildman–Crippen MR) is 304 cm³/mol. The SMILES string of the molecule is CCCCCCC/C=C\C/C=C\CCCCCCCCCCCCCCCC(=O)OC(COCCCCCCCCCCCCCCCCCCCCCCCC)COC1OC(CO)C(O)C(OS(=O)(=O)O)C1O. The first-order chi connectivity index (χ1) is 36.1. The van der Waals surface area contributed by atoms with Crippen LogP contribution in [0.3, 0.4) is 0 Å². The Morgan fingerprint density at radius 1 is 0.514 bits per heavy atom. The molecule has 0 saturated carbocycles. The third kappa shape index (κ3) is 44.5. The summed E-state index contributed by atoms with van der Waals surface area (Å²) in [6.07, 6.45) is 55.1. The van der Waals surface area contributed by atoms with Crippen LogP contribution < -0.4 is 0 Å². The topological polar surface area (TPSA) is 178 Å². The summed E-state index contributed by atoms with van der Waals surface area (Å²) in [5.41, 5.74) is 0. The van der Waals surface area contributed by atoms with Crippen LogP contribution in [0.5, 0.6) is 0 Å². The fraction of sp³-hybridized carbons (Fsp3) is 0.918. The lowest BCUT2D eigenvalue weighted by Gasteiger charge is -2.41. The van der Waals surface area contributed by atoms with Crippen LogP contribution in [0.2, 0.25) is 0 Å². The van der Waals surface area contributed by atoms with Crippen LogP contribution in [0.4, 0.5) is 0 Å². The second-order valence-electron chi connectivity index (χ2n) is 21.7. The van der Waals surface area contributed by atoms with Crippen LogP contribution in [0.1, 0.15) is 296 Å². The van der Waals surface area contributed by atoms with Crippen molar-refractivity contribution in [3.63, 3.8) is 0 Å². The van der Waals surface area contributed by atoms with Crippen molar-refractivity contribution in [2.24, 2.45) is 0 Å². The fourth-order valence-electron chi connectivity index (χ4n) is 9.88. The second kappa shape index (κ2) is 52.3. The molecular weight excluding hydrogens is 957 g/mol. The van der Waals surface area contributed by atoms with E-state index in [2.05, 4.69) is 42.3 Å². The van der Waals surface area contributed by atoms with E-state index in [1.54, 1.807) is 0 Å². The average molecular weight is 1070 g/mol. The molecule has 0 amide bonds. The van der Waals surface area contributed by atoms with Gasteiger partial charge in [-0.25, -0.2) is 4.18 Å². The number of hydrogen-bond acceptors (Lipinski definition) is 11. The van der Waals surface area contributed by atoms with Crippen LogP contribution in [-0.2, 0) is 38.3 Å². The van der Waals surface area contributed by atoms with Crippen molar-refractivity contribution in [2.45, 2.75) is 333 Å². The summed E-state index contributed by atoms with van der Waals surface area (Å²) >= 11 is 0. The number of aliphatic hydroxyl groups excluding tert-OH is 3. The van der Waals surface area contributed by atoms with Crippen LogP contribution in [0.25, 0.3) is 0 Å². The summed E-state index contributed by atoms with van der Waals surface area (Å²) in [7, 11) is -5.07. The van der Waals surface area contributed by atoms with Gasteiger partial charge in [0.1, 0.15) is 30.5 Å². The van der Waals surface area contributed by atoms with Gasteiger partial charge in [0.15, 0.2) is 6.29 Å². The van der Waals surface area contributed by atoms with E-state index in [0.717, 1.165) is 44.9 Å². The third-order valence-corrected chi connectivity index (χ3v) is 15.0. The summed E-state index contributed by atoms with van der Waals surface area (Å²) in [6, 6.07) is 0. The van der Waals surface area contributed by atoms with Gasteiger partial charge in [-0.05, 0) is 44.9 Å². The molecule has 0 aliphatic carbocycles. The molecule has 0 radical (unpaired) electrons. The first-order valence-electron chi connectivity index (χ1n) is 31.1. The molecule has 1 saturated heterocycles. The minimum absolute atomic E-state index is 0.0417. The Hall–Kier alpha value is -1.42. The highest BCUT2D eigenvalue weighted by Crippen LogP contribution is 2.26. The minimum atomic E-state index is -5.07. The maximum absolute atomic E-state index is 13.0.